The van der Waals surface area contributed by atoms with Crippen molar-refractivity contribution in [1.29, 1.82) is 0 Å². The molecule has 0 amide bonds. The summed E-state index contributed by atoms with van der Waals surface area (Å²) in [5.74, 6) is 0. The second-order valence-corrected chi connectivity index (χ2v) is 6.19. The highest BCUT2D eigenvalue weighted by Gasteiger charge is 2.17. The van der Waals surface area contributed by atoms with Crippen LogP contribution in [0.1, 0.15) is 25.8 Å². The zero-order valence-electron chi connectivity index (χ0n) is 13.5. The topological polar surface area (TPSA) is 50.7 Å². The van der Waals surface area contributed by atoms with E-state index in [2.05, 4.69) is 19.2 Å². The van der Waals surface area contributed by atoms with Crippen molar-refractivity contribution < 1.29 is 14.6 Å². The van der Waals surface area contributed by atoms with Crippen LogP contribution in [0.25, 0.3) is 0 Å². The van der Waals surface area contributed by atoms with Gasteiger partial charge in [0.1, 0.15) is 0 Å². The molecule has 4 heteroatoms. The molecule has 0 aliphatic heterocycles. The van der Waals surface area contributed by atoms with Gasteiger partial charge in [-0.3, -0.25) is 0 Å². The number of hydrogen-bond acceptors (Lipinski definition) is 4. The highest BCUT2D eigenvalue weighted by Crippen LogP contribution is 2.18. The maximum Gasteiger partial charge on any atom is 0.0897 e. The van der Waals surface area contributed by atoms with Crippen LogP contribution in [0, 0.1) is 5.41 Å². The fraction of sp³-hybridized carbons (Fsp3) is 0.647. The number of aliphatic hydroxyl groups is 1. The van der Waals surface area contributed by atoms with E-state index >= 15 is 0 Å². The molecular weight excluding hydrogens is 266 g/mol. The summed E-state index contributed by atoms with van der Waals surface area (Å²) in [5.41, 5.74) is 1.29. The van der Waals surface area contributed by atoms with Crippen molar-refractivity contribution in [3.63, 3.8) is 0 Å². The van der Waals surface area contributed by atoms with Gasteiger partial charge in [-0.1, -0.05) is 44.2 Å². The van der Waals surface area contributed by atoms with E-state index in [9.17, 15) is 5.11 Å². The first kappa shape index (κ1) is 18.1. The van der Waals surface area contributed by atoms with Gasteiger partial charge in [-0.25, -0.2) is 0 Å². The summed E-state index contributed by atoms with van der Waals surface area (Å²) in [6.07, 6.45) is 0.517. The largest absolute Gasteiger partial charge is 0.389 e. The Morgan fingerprint density at radius 3 is 2.62 bits per heavy atom. The zero-order chi connectivity index (χ0) is 15.6. The number of nitrogens with one attached hydrogen (secondary N) is 1. The lowest BCUT2D eigenvalue weighted by Gasteiger charge is -2.25. The third-order valence-electron chi connectivity index (χ3n) is 3.39. The maximum absolute atomic E-state index is 9.89. The Balaban J connectivity index is 2.09. The van der Waals surface area contributed by atoms with Gasteiger partial charge in [0.15, 0.2) is 0 Å². The van der Waals surface area contributed by atoms with E-state index in [0.717, 1.165) is 25.1 Å². The van der Waals surface area contributed by atoms with Gasteiger partial charge >= 0.3 is 0 Å². The van der Waals surface area contributed by atoms with Gasteiger partial charge in [-0.2, -0.15) is 0 Å². The molecule has 0 saturated heterocycles. The van der Waals surface area contributed by atoms with Crippen LogP contribution in [0.4, 0.5) is 0 Å². The minimum atomic E-state index is -0.480. The second kappa shape index (κ2) is 9.90. The summed E-state index contributed by atoms with van der Waals surface area (Å²) < 4.78 is 10.6. The molecule has 1 aromatic rings. The smallest absolute Gasteiger partial charge is 0.0897 e. The summed E-state index contributed by atoms with van der Waals surface area (Å²) in [6.45, 7) is 7.43. The van der Waals surface area contributed by atoms with E-state index in [4.69, 9.17) is 9.47 Å². The Bertz CT molecular complexity index is 368. The quantitative estimate of drug-likeness (QED) is 0.657. The molecule has 1 aromatic carbocycles. The van der Waals surface area contributed by atoms with E-state index in [1.165, 1.54) is 0 Å². The molecule has 1 rings (SSSR count). The average molecular weight is 295 g/mol. The Labute approximate surface area is 128 Å². The summed E-state index contributed by atoms with van der Waals surface area (Å²) >= 11 is 0. The van der Waals surface area contributed by atoms with Gasteiger partial charge in [-0.15, -0.1) is 0 Å². The van der Waals surface area contributed by atoms with Gasteiger partial charge in [-0.05, 0) is 17.4 Å². The third-order valence-corrected chi connectivity index (χ3v) is 3.39. The van der Waals surface area contributed by atoms with E-state index in [1.54, 1.807) is 7.11 Å². The Kier molecular flexibility index (Phi) is 8.54. The van der Waals surface area contributed by atoms with Crippen molar-refractivity contribution in [3.8, 4) is 0 Å². The first-order chi connectivity index (χ1) is 10.0. The first-order valence-electron chi connectivity index (χ1n) is 7.53. The molecule has 4 nitrogen and oxygen atoms in total. The molecule has 0 spiro atoms. The monoisotopic (exact) mass is 295 g/mol. The highest BCUT2D eigenvalue weighted by molar-refractivity contribution is 5.13. The number of aliphatic hydroxyl groups excluding tert-OH is 1. The van der Waals surface area contributed by atoms with E-state index in [1.807, 2.05) is 30.3 Å². The van der Waals surface area contributed by atoms with Crippen molar-refractivity contribution in [1.82, 2.24) is 5.32 Å². The van der Waals surface area contributed by atoms with Crippen molar-refractivity contribution in [2.24, 2.45) is 5.41 Å². The fourth-order valence-corrected chi connectivity index (χ4v) is 1.99. The zero-order valence-corrected chi connectivity index (χ0v) is 13.5. The van der Waals surface area contributed by atoms with Gasteiger partial charge < -0.3 is 19.9 Å². The lowest BCUT2D eigenvalue weighted by atomic mass is 9.90. The van der Waals surface area contributed by atoms with Crippen LogP contribution in [-0.2, 0) is 16.1 Å². The molecule has 1 atom stereocenters. The molecule has 0 heterocycles. The maximum atomic E-state index is 9.89. The molecule has 21 heavy (non-hydrogen) atoms. The van der Waals surface area contributed by atoms with Crippen molar-refractivity contribution in [2.75, 3.05) is 33.4 Å². The van der Waals surface area contributed by atoms with Crippen LogP contribution < -0.4 is 5.32 Å². The predicted octanol–water partition coefficient (Wildman–Crippen LogP) is 2.22. The normalized spacial score (nSPS) is 13.3. The Morgan fingerprint density at radius 1 is 1.24 bits per heavy atom. The lowest BCUT2D eigenvalue weighted by Crippen LogP contribution is -2.37. The Morgan fingerprint density at radius 2 is 1.95 bits per heavy atom. The molecule has 0 radical (unpaired) electrons. The second-order valence-electron chi connectivity index (χ2n) is 6.19. The number of methoxy groups -OCH3 is 1. The molecule has 0 aliphatic carbocycles. The van der Waals surface area contributed by atoms with Crippen LogP contribution in [-0.4, -0.2) is 44.6 Å². The van der Waals surface area contributed by atoms with Crippen molar-refractivity contribution >= 4 is 0 Å². The van der Waals surface area contributed by atoms with E-state index < -0.39 is 6.10 Å². The molecule has 0 aliphatic rings. The molecule has 1 unspecified atom stereocenters. The summed E-state index contributed by atoms with van der Waals surface area (Å²) in [5, 5.41) is 13.2. The van der Waals surface area contributed by atoms with Gasteiger partial charge in [0.05, 0.1) is 19.3 Å². The third kappa shape index (κ3) is 8.83. The van der Waals surface area contributed by atoms with E-state index in [-0.39, 0.29) is 5.41 Å². The van der Waals surface area contributed by atoms with Crippen molar-refractivity contribution in [3.05, 3.63) is 35.9 Å². The van der Waals surface area contributed by atoms with Crippen LogP contribution in [0.2, 0.25) is 0 Å². The van der Waals surface area contributed by atoms with E-state index in [0.29, 0.717) is 19.8 Å². The molecule has 0 aromatic heterocycles. The summed E-state index contributed by atoms with van der Waals surface area (Å²) in [4.78, 5) is 0. The number of rotatable bonds is 11. The highest BCUT2D eigenvalue weighted by atomic mass is 16.5. The molecule has 0 fully saturated rings. The minimum Gasteiger partial charge on any atom is -0.389 e. The Hall–Kier alpha value is -0.940. The van der Waals surface area contributed by atoms with Crippen LogP contribution in [0.5, 0.6) is 0 Å². The number of ether oxygens (including phenoxy) is 2. The standard InChI is InChI=1S/C17H29NO3/c1-17(2,9-10-20-3)14-18-11-16(19)13-21-12-15-7-5-4-6-8-15/h4-8,16,18-19H,9-14H2,1-3H3. The lowest BCUT2D eigenvalue weighted by molar-refractivity contribution is 0.0275. The molecule has 120 valence electrons. The number of benzene rings is 1. The minimum absolute atomic E-state index is 0.167. The van der Waals surface area contributed by atoms with Gasteiger partial charge in [0, 0.05) is 26.8 Å². The molecular formula is C17H29NO3. The average Bonchev–Trinajstić information content (AvgIpc) is 2.46. The van der Waals surface area contributed by atoms with Crippen LogP contribution >= 0.6 is 0 Å². The molecule has 2 N–H and O–H groups in total. The molecule has 0 saturated carbocycles. The van der Waals surface area contributed by atoms with Gasteiger partial charge in [0.2, 0.25) is 0 Å². The summed E-state index contributed by atoms with van der Waals surface area (Å²) in [7, 11) is 1.72. The van der Waals surface area contributed by atoms with Gasteiger partial charge in [0.25, 0.3) is 0 Å². The van der Waals surface area contributed by atoms with Crippen LogP contribution in [0.3, 0.4) is 0 Å². The van der Waals surface area contributed by atoms with Crippen LogP contribution in [0.15, 0.2) is 30.3 Å². The predicted molar refractivity (Wildman–Crippen MR) is 85.2 cm³/mol. The fourth-order valence-electron chi connectivity index (χ4n) is 1.99. The molecule has 0 bridgehead atoms. The summed E-state index contributed by atoms with van der Waals surface area (Å²) in [6, 6.07) is 9.98. The SMILES string of the molecule is COCCC(C)(C)CNCC(O)COCc1ccccc1. The number of hydrogen-bond donors (Lipinski definition) is 2. The first-order valence-corrected chi connectivity index (χ1v) is 7.53. The van der Waals surface area contributed by atoms with Crippen molar-refractivity contribution in [2.45, 2.75) is 33.0 Å².